The summed E-state index contributed by atoms with van der Waals surface area (Å²) in [5.74, 6) is 0.603. The monoisotopic (exact) mass is 246 g/mol. The fourth-order valence-electron chi connectivity index (χ4n) is 3.18. The van der Waals surface area contributed by atoms with Crippen LogP contribution in [0.15, 0.2) is 18.3 Å². The lowest BCUT2D eigenvalue weighted by atomic mass is 10.0. The van der Waals surface area contributed by atoms with Gasteiger partial charge in [0, 0.05) is 19.1 Å². The van der Waals surface area contributed by atoms with Crippen LogP contribution >= 0.6 is 0 Å². The van der Waals surface area contributed by atoms with Crippen molar-refractivity contribution in [1.29, 1.82) is 0 Å². The standard InChI is InChI=1S/C14H22N4/c15-14-4-3-13(11-16-14)18-9-5-12(6-10-18)17-7-1-2-8-17/h3-4,11-12H,1-2,5-10H2,(H2,15,16). The van der Waals surface area contributed by atoms with E-state index in [1.165, 1.54) is 44.5 Å². The van der Waals surface area contributed by atoms with Gasteiger partial charge in [0.05, 0.1) is 11.9 Å². The molecule has 2 fully saturated rings. The van der Waals surface area contributed by atoms with Gasteiger partial charge >= 0.3 is 0 Å². The number of hydrogen-bond acceptors (Lipinski definition) is 4. The lowest BCUT2D eigenvalue weighted by molar-refractivity contribution is 0.208. The van der Waals surface area contributed by atoms with E-state index in [9.17, 15) is 0 Å². The number of likely N-dealkylation sites (tertiary alicyclic amines) is 1. The second kappa shape index (κ2) is 5.14. The van der Waals surface area contributed by atoms with Crippen molar-refractivity contribution in [2.75, 3.05) is 36.8 Å². The summed E-state index contributed by atoms with van der Waals surface area (Å²) in [7, 11) is 0. The first-order valence-electron chi connectivity index (χ1n) is 7.03. The highest BCUT2D eigenvalue weighted by molar-refractivity contribution is 5.48. The van der Waals surface area contributed by atoms with E-state index in [1.54, 1.807) is 0 Å². The molecule has 0 saturated carbocycles. The van der Waals surface area contributed by atoms with Crippen LogP contribution in [-0.2, 0) is 0 Å². The van der Waals surface area contributed by atoms with Crippen LogP contribution in [0.1, 0.15) is 25.7 Å². The maximum atomic E-state index is 5.62. The molecule has 2 N–H and O–H groups in total. The maximum Gasteiger partial charge on any atom is 0.123 e. The van der Waals surface area contributed by atoms with Crippen LogP contribution in [0.5, 0.6) is 0 Å². The first-order chi connectivity index (χ1) is 8.83. The number of aromatic nitrogens is 1. The average Bonchev–Trinajstić information content (AvgIpc) is 2.94. The number of hydrogen-bond donors (Lipinski definition) is 1. The molecule has 3 heterocycles. The molecule has 0 radical (unpaired) electrons. The second-order valence-electron chi connectivity index (χ2n) is 5.40. The molecule has 0 aliphatic carbocycles. The van der Waals surface area contributed by atoms with Gasteiger partial charge in [0.2, 0.25) is 0 Å². The summed E-state index contributed by atoms with van der Waals surface area (Å²) in [4.78, 5) is 9.29. The Kier molecular flexibility index (Phi) is 3.37. The third-order valence-corrected chi connectivity index (χ3v) is 4.26. The minimum absolute atomic E-state index is 0.603. The van der Waals surface area contributed by atoms with Gasteiger partial charge in [0.15, 0.2) is 0 Å². The van der Waals surface area contributed by atoms with Gasteiger partial charge in [-0.15, -0.1) is 0 Å². The Bertz CT molecular complexity index is 375. The SMILES string of the molecule is Nc1ccc(N2CCC(N3CCCC3)CC2)cn1. The number of nitrogens with two attached hydrogens (primary N) is 1. The lowest BCUT2D eigenvalue weighted by Gasteiger charge is -2.37. The summed E-state index contributed by atoms with van der Waals surface area (Å²) < 4.78 is 0. The summed E-state index contributed by atoms with van der Waals surface area (Å²) in [6, 6.07) is 4.78. The predicted octanol–water partition coefficient (Wildman–Crippen LogP) is 1.73. The van der Waals surface area contributed by atoms with Crippen LogP contribution in [0.2, 0.25) is 0 Å². The zero-order valence-electron chi connectivity index (χ0n) is 10.9. The minimum atomic E-state index is 0.603. The molecule has 4 nitrogen and oxygen atoms in total. The molecule has 0 spiro atoms. The highest BCUT2D eigenvalue weighted by atomic mass is 15.2. The Morgan fingerprint density at radius 2 is 1.78 bits per heavy atom. The lowest BCUT2D eigenvalue weighted by Crippen LogP contribution is -2.43. The van der Waals surface area contributed by atoms with Crippen molar-refractivity contribution in [3.63, 3.8) is 0 Å². The van der Waals surface area contributed by atoms with E-state index < -0.39 is 0 Å². The Balaban J connectivity index is 1.57. The molecule has 4 heteroatoms. The molecule has 0 amide bonds. The van der Waals surface area contributed by atoms with Gasteiger partial charge in [-0.3, -0.25) is 0 Å². The van der Waals surface area contributed by atoms with E-state index >= 15 is 0 Å². The molecule has 0 aromatic carbocycles. The molecule has 18 heavy (non-hydrogen) atoms. The van der Waals surface area contributed by atoms with Crippen LogP contribution in [0, 0.1) is 0 Å². The van der Waals surface area contributed by atoms with Crippen molar-refractivity contribution >= 4 is 11.5 Å². The largest absolute Gasteiger partial charge is 0.384 e. The molecule has 2 saturated heterocycles. The predicted molar refractivity (Wildman–Crippen MR) is 74.7 cm³/mol. The van der Waals surface area contributed by atoms with E-state index in [0.717, 1.165) is 19.1 Å². The Morgan fingerprint density at radius 1 is 1.06 bits per heavy atom. The van der Waals surface area contributed by atoms with Crippen LogP contribution in [0.3, 0.4) is 0 Å². The number of piperidine rings is 1. The van der Waals surface area contributed by atoms with Crippen molar-refractivity contribution in [2.45, 2.75) is 31.7 Å². The Labute approximate surface area is 109 Å². The van der Waals surface area contributed by atoms with Gasteiger partial charge in [0.1, 0.15) is 5.82 Å². The fraction of sp³-hybridized carbons (Fsp3) is 0.643. The molecule has 1 aromatic rings. The molecule has 0 unspecified atom stereocenters. The molecule has 0 bridgehead atoms. The smallest absolute Gasteiger partial charge is 0.123 e. The Morgan fingerprint density at radius 3 is 2.39 bits per heavy atom. The summed E-state index contributed by atoms with van der Waals surface area (Å²) in [5.41, 5.74) is 6.84. The highest BCUT2D eigenvalue weighted by Crippen LogP contribution is 2.24. The Hall–Kier alpha value is -1.29. The topological polar surface area (TPSA) is 45.4 Å². The van der Waals surface area contributed by atoms with Crippen LogP contribution in [0.25, 0.3) is 0 Å². The van der Waals surface area contributed by atoms with E-state index in [0.29, 0.717) is 5.82 Å². The summed E-state index contributed by atoms with van der Waals surface area (Å²) in [6.07, 6.45) is 7.24. The van der Waals surface area contributed by atoms with Gasteiger partial charge in [-0.25, -0.2) is 4.98 Å². The van der Waals surface area contributed by atoms with E-state index in [1.807, 2.05) is 12.3 Å². The minimum Gasteiger partial charge on any atom is -0.384 e. The highest BCUT2D eigenvalue weighted by Gasteiger charge is 2.26. The molecule has 98 valence electrons. The number of pyridine rings is 1. The zero-order chi connectivity index (χ0) is 12.4. The quantitative estimate of drug-likeness (QED) is 0.863. The summed E-state index contributed by atoms with van der Waals surface area (Å²) >= 11 is 0. The third kappa shape index (κ3) is 2.43. The molecule has 2 aliphatic heterocycles. The molecule has 0 atom stereocenters. The van der Waals surface area contributed by atoms with Crippen LogP contribution < -0.4 is 10.6 Å². The van der Waals surface area contributed by atoms with E-state index in [4.69, 9.17) is 5.73 Å². The second-order valence-corrected chi connectivity index (χ2v) is 5.40. The van der Waals surface area contributed by atoms with Gasteiger partial charge in [-0.1, -0.05) is 0 Å². The summed E-state index contributed by atoms with van der Waals surface area (Å²) in [5, 5.41) is 0. The van der Waals surface area contributed by atoms with Crippen molar-refractivity contribution in [3.8, 4) is 0 Å². The summed E-state index contributed by atoms with van der Waals surface area (Å²) in [6.45, 7) is 4.92. The molecule has 1 aromatic heterocycles. The van der Waals surface area contributed by atoms with Crippen LogP contribution in [0.4, 0.5) is 11.5 Å². The van der Waals surface area contributed by atoms with E-state index in [-0.39, 0.29) is 0 Å². The van der Waals surface area contributed by atoms with Gasteiger partial charge in [0.25, 0.3) is 0 Å². The van der Waals surface area contributed by atoms with Gasteiger partial charge in [-0.2, -0.15) is 0 Å². The number of rotatable bonds is 2. The molecule has 3 rings (SSSR count). The van der Waals surface area contributed by atoms with Crippen molar-refractivity contribution in [2.24, 2.45) is 0 Å². The van der Waals surface area contributed by atoms with Crippen molar-refractivity contribution < 1.29 is 0 Å². The first kappa shape index (κ1) is 11.8. The van der Waals surface area contributed by atoms with Crippen molar-refractivity contribution in [3.05, 3.63) is 18.3 Å². The van der Waals surface area contributed by atoms with Gasteiger partial charge < -0.3 is 15.5 Å². The van der Waals surface area contributed by atoms with Crippen molar-refractivity contribution in [1.82, 2.24) is 9.88 Å². The fourth-order valence-corrected chi connectivity index (χ4v) is 3.18. The number of nitrogen functional groups attached to an aromatic ring is 1. The first-order valence-corrected chi connectivity index (χ1v) is 7.03. The molecular weight excluding hydrogens is 224 g/mol. The maximum absolute atomic E-state index is 5.62. The normalized spacial score (nSPS) is 22.6. The van der Waals surface area contributed by atoms with Gasteiger partial charge in [-0.05, 0) is 50.9 Å². The van der Waals surface area contributed by atoms with Crippen LogP contribution in [-0.4, -0.2) is 42.1 Å². The number of anilines is 2. The number of nitrogens with zero attached hydrogens (tertiary/aromatic N) is 3. The van der Waals surface area contributed by atoms with E-state index in [2.05, 4.69) is 20.9 Å². The molecule has 2 aliphatic rings. The average molecular weight is 246 g/mol. The third-order valence-electron chi connectivity index (χ3n) is 4.26. The zero-order valence-corrected chi connectivity index (χ0v) is 10.9. The molecular formula is C14H22N4.